The predicted molar refractivity (Wildman–Crippen MR) is 62.4 cm³/mol. The smallest absolute Gasteiger partial charge is 0.372 e. The van der Waals surface area contributed by atoms with Gasteiger partial charge in [0.2, 0.25) is 6.04 Å². The van der Waals surface area contributed by atoms with Gasteiger partial charge in [0.25, 0.3) is 0 Å². The summed E-state index contributed by atoms with van der Waals surface area (Å²) < 4.78 is 1.88. The van der Waals surface area contributed by atoms with Crippen molar-refractivity contribution >= 4 is 23.8 Å². The molecule has 1 N–H and O–H groups in total. The van der Waals surface area contributed by atoms with Gasteiger partial charge >= 0.3 is 5.97 Å². The standard InChI is InChI=1S/C12H12ClNO2/c13-10-5-3-9(4-6-10)8-14-7-1-2-11(14)12(15)16/h3-6,8,11H,1-2,7H2/p+1/t11-/m0/s1. The molecular weight excluding hydrogens is 226 g/mol. The molecule has 0 amide bonds. The van der Waals surface area contributed by atoms with E-state index in [2.05, 4.69) is 0 Å². The highest BCUT2D eigenvalue weighted by Crippen LogP contribution is 2.13. The first kappa shape index (κ1) is 11.1. The van der Waals surface area contributed by atoms with Crippen LogP contribution in [0.2, 0.25) is 5.02 Å². The molecule has 16 heavy (non-hydrogen) atoms. The van der Waals surface area contributed by atoms with Gasteiger partial charge < -0.3 is 5.11 Å². The first-order valence-corrected chi connectivity index (χ1v) is 5.63. The summed E-state index contributed by atoms with van der Waals surface area (Å²) in [5.41, 5.74) is 0.984. The number of aliphatic carboxylic acids is 1. The van der Waals surface area contributed by atoms with Crippen LogP contribution in [0.1, 0.15) is 18.4 Å². The molecule has 84 valence electrons. The lowest BCUT2D eigenvalue weighted by Gasteiger charge is -2.01. The normalized spacial score (nSPS) is 22.6. The van der Waals surface area contributed by atoms with Crippen LogP contribution >= 0.6 is 11.6 Å². The van der Waals surface area contributed by atoms with Crippen LogP contribution in [0, 0.1) is 0 Å². The van der Waals surface area contributed by atoms with Crippen molar-refractivity contribution in [3.8, 4) is 0 Å². The minimum atomic E-state index is -0.747. The van der Waals surface area contributed by atoms with Crippen molar-refractivity contribution in [1.82, 2.24) is 0 Å². The monoisotopic (exact) mass is 238 g/mol. The fraction of sp³-hybridized carbons (Fsp3) is 0.333. The third kappa shape index (κ3) is 2.42. The zero-order valence-corrected chi connectivity index (χ0v) is 9.52. The van der Waals surface area contributed by atoms with E-state index in [1.54, 1.807) is 12.1 Å². The number of benzene rings is 1. The van der Waals surface area contributed by atoms with Crippen molar-refractivity contribution in [2.45, 2.75) is 18.9 Å². The lowest BCUT2D eigenvalue weighted by atomic mass is 10.2. The maximum atomic E-state index is 11.0. The van der Waals surface area contributed by atoms with E-state index < -0.39 is 5.97 Å². The van der Waals surface area contributed by atoms with Gasteiger partial charge in [-0.15, -0.1) is 0 Å². The van der Waals surface area contributed by atoms with Gasteiger partial charge in [-0.2, -0.15) is 0 Å². The van der Waals surface area contributed by atoms with Gasteiger partial charge in [0.05, 0.1) is 0 Å². The number of hydrogen-bond donors (Lipinski definition) is 1. The van der Waals surface area contributed by atoms with Crippen molar-refractivity contribution in [3.63, 3.8) is 0 Å². The molecule has 2 rings (SSSR count). The van der Waals surface area contributed by atoms with Crippen molar-refractivity contribution in [2.75, 3.05) is 6.54 Å². The number of carboxylic acid groups (broad SMARTS) is 1. The minimum Gasteiger partial charge on any atom is -0.476 e. The third-order valence-electron chi connectivity index (χ3n) is 2.76. The zero-order valence-electron chi connectivity index (χ0n) is 8.77. The van der Waals surface area contributed by atoms with E-state index in [1.165, 1.54) is 0 Å². The van der Waals surface area contributed by atoms with Crippen LogP contribution in [0.15, 0.2) is 24.3 Å². The average molecular weight is 239 g/mol. The van der Waals surface area contributed by atoms with Crippen LogP contribution < -0.4 is 0 Å². The molecule has 1 heterocycles. The van der Waals surface area contributed by atoms with Crippen molar-refractivity contribution in [3.05, 3.63) is 34.9 Å². The van der Waals surface area contributed by atoms with Crippen molar-refractivity contribution in [2.24, 2.45) is 0 Å². The summed E-state index contributed by atoms with van der Waals surface area (Å²) in [5, 5.41) is 9.71. The Hall–Kier alpha value is -1.35. The second-order valence-corrected chi connectivity index (χ2v) is 4.35. The molecule has 1 aliphatic rings. The number of nitrogens with zero attached hydrogens (tertiary/aromatic N) is 1. The Morgan fingerprint density at radius 3 is 2.75 bits per heavy atom. The summed E-state index contributed by atoms with van der Waals surface area (Å²) in [6, 6.07) is 7.01. The van der Waals surface area contributed by atoms with Gasteiger partial charge in [-0.3, -0.25) is 0 Å². The molecule has 0 saturated carbocycles. The van der Waals surface area contributed by atoms with Gasteiger partial charge in [-0.05, 0) is 24.3 Å². The highest BCUT2D eigenvalue weighted by atomic mass is 35.5. The fourth-order valence-corrected chi connectivity index (χ4v) is 2.08. The van der Waals surface area contributed by atoms with Crippen molar-refractivity contribution < 1.29 is 14.5 Å². The van der Waals surface area contributed by atoms with Crippen LogP contribution in [-0.4, -0.2) is 34.5 Å². The van der Waals surface area contributed by atoms with E-state index in [4.69, 9.17) is 16.7 Å². The van der Waals surface area contributed by atoms with Gasteiger partial charge in [-0.25, -0.2) is 9.37 Å². The highest BCUT2D eigenvalue weighted by molar-refractivity contribution is 6.30. The molecule has 1 aromatic carbocycles. The molecule has 1 saturated heterocycles. The first-order chi connectivity index (χ1) is 7.66. The highest BCUT2D eigenvalue weighted by Gasteiger charge is 2.33. The molecule has 0 aromatic heterocycles. The topological polar surface area (TPSA) is 40.3 Å². The Labute approximate surface area is 99.0 Å². The largest absolute Gasteiger partial charge is 0.476 e. The van der Waals surface area contributed by atoms with E-state index in [0.29, 0.717) is 5.02 Å². The molecule has 0 spiro atoms. The Kier molecular flexibility index (Phi) is 3.25. The van der Waals surface area contributed by atoms with Crippen LogP contribution in [-0.2, 0) is 4.79 Å². The molecule has 1 fully saturated rings. The maximum absolute atomic E-state index is 11.0. The first-order valence-electron chi connectivity index (χ1n) is 5.26. The SMILES string of the molecule is O=C(O)[C@@H]1CCC[N+]1=Cc1ccc(Cl)cc1. The summed E-state index contributed by atoms with van der Waals surface area (Å²) in [7, 11) is 0. The number of hydrogen-bond acceptors (Lipinski definition) is 1. The van der Waals surface area contributed by atoms with E-state index in [-0.39, 0.29) is 6.04 Å². The summed E-state index contributed by atoms with van der Waals surface area (Å²) in [6.07, 6.45) is 3.54. The van der Waals surface area contributed by atoms with Gasteiger partial charge in [0, 0.05) is 23.4 Å². The number of rotatable bonds is 2. The Morgan fingerprint density at radius 2 is 2.12 bits per heavy atom. The van der Waals surface area contributed by atoms with Crippen molar-refractivity contribution in [1.29, 1.82) is 0 Å². The lowest BCUT2D eigenvalue weighted by Crippen LogP contribution is -2.29. The quantitative estimate of drug-likeness (QED) is 0.801. The second-order valence-electron chi connectivity index (χ2n) is 3.91. The van der Waals surface area contributed by atoms with Crippen LogP contribution in [0.5, 0.6) is 0 Å². The summed E-state index contributed by atoms with van der Waals surface area (Å²) in [4.78, 5) is 11.0. The minimum absolute atomic E-state index is 0.379. The summed E-state index contributed by atoms with van der Waals surface area (Å²) in [5.74, 6) is -0.747. The summed E-state index contributed by atoms with van der Waals surface area (Å²) in [6.45, 7) is 0.805. The average Bonchev–Trinajstić information content (AvgIpc) is 2.69. The van der Waals surface area contributed by atoms with Gasteiger partial charge in [0.15, 0.2) is 6.21 Å². The molecular formula is C12H13ClNO2+. The number of carboxylic acids is 1. The van der Waals surface area contributed by atoms with E-state index >= 15 is 0 Å². The lowest BCUT2D eigenvalue weighted by molar-refractivity contribution is -0.527. The molecule has 0 radical (unpaired) electrons. The molecule has 0 unspecified atom stereocenters. The zero-order chi connectivity index (χ0) is 11.5. The second kappa shape index (κ2) is 4.66. The molecule has 0 bridgehead atoms. The van der Waals surface area contributed by atoms with Crippen LogP contribution in [0.4, 0.5) is 0 Å². The predicted octanol–water partition coefficient (Wildman–Crippen LogP) is 2.02. The Balaban J connectivity index is 2.23. The molecule has 0 aliphatic carbocycles. The van der Waals surface area contributed by atoms with Crippen LogP contribution in [0.3, 0.4) is 0 Å². The number of halogens is 1. The fourth-order valence-electron chi connectivity index (χ4n) is 1.95. The Morgan fingerprint density at radius 1 is 1.44 bits per heavy atom. The number of carbonyl (C=O) groups is 1. The van der Waals surface area contributed by atoms with Gasteiger partial charge in [-0.1, -0.05) is 11.6 Å². The molecule has 4 heteroatoms. The van der Waals surface area contributed by atoms with Crippen LogP contribution in [0.25, 0.3) is 0 Å². The molecule has 1 aliphatic heterocycles. The van der Waals surface area contributed by atoms with E-state index in [0.717, 1.165) is 24.9 Å². The van der Waals surface area contributed by atoms with Gasteiger partial charge in [0.1, 0.15) is 6.54 Å². The summed E-state index contributed by atoms with van der Waals surface area (Å²) >= 11 is 5.79. The third-order valence-corrected chi connectivity index (χ3v) is 3.02. The molecule has 1 atom stereocenters. The van der Waals surface area contributed by atoms with E-state index in [1.807, 2.05) is 22.9 Å². The molecule has 3 nitrogen and oxygen atoms in total. The molecule has 1 aromatic rings. The Bertz CT molecular complexity index is 425. The maximum Gasteiger partial charge on any atom is 0.372 e. The van der Waals surface area contributed by atoms with E-state index in [9.17, 15) is 4.79 Å².